The van der Waals surface area contributed by atoms with Crippen molar-refractivity contribution in [2.45, 2.75) is 6.16 Å². The van der Waals surface area contributed by atoms with E-state index in [1.165, 1.54) is 54.1 Å². The van der Waals surface area contributed by atoms with Crippen molar-refractivity contribution in [1.29, 1.82) is 0 Å². The van der Waals surface area contributed by atoms with Crippen molar-refractivity contribution in [2.75, 3.05) is 0 Å². The van der Waals surface area contributed by atoms with Gasteiger partial charge in [0.1, 0.15) is 23.2 Å². The molecule has 0 aliphatic carbocycles. The Morgan fingerprint density at radius 1 is 0.350 bits per heavy atom. The Balaban J connectivity index is 1.56. The fourth-order valence-corrected chi connectivity index (χ4v) is 10.5. The van der Waals surface area contributed by atoms with Crippen LogP contribution in [0, 0.1) is 0 Å². The van der Waals surface area contributed by atoms with Gasteiger partial charge in [0.15, 0.2) is 0 Å². The van der Waals surface area contributed by atoms with E-state index < -0.39 is 7.26 Å². The lowest BCUT2D eigenvalue weighted by Crippen LogP contribution is -2.32. The van der Waals surface area contributed by atoms with Gasteiger partial charge < -0.3 is 0 Å². The Kier molecular flexibility index (Phi) is 6.48. The van der Waals surface area contributed by atoms with Crippen molar-refractivity contribution in [3.05, 3.63) is 175 Å². The van der Waals surface area contributed by atoms with Crippen LogP contribution < -0.4 is 15.9 Å². The fraction of sp³-hybridized carbons (Fsp3) is 0.0256. The maximum Gasteiger partial charge on any atom is 0.116 e. The summed E-state index contributed by atoms with van der Waals surface area (Å²) in [5.41, 5.74) is 3.94. The molecule has 7 aromatic carbocycles. The molecule has 0 spiro atoms. The maximum absolute atomic E-state index is 2.49. The molecule has 0 amide bonds. The van der Waals surface area contributed by atoms with Crippen LogP contribution in [-0.4, -0.2) is 0 Å². The SMILES string of the molecule is c1ccc(-c2cccc3c2cc(C[P+](c2ccccc2)(c2ccccc2)c2ccccc2)c2ccccc23)cc1. The van der Waals surface area contributed by atoms with Crippen molar-refractivity contribution in [2.24, 2.45) is 0 Å². The quantitative estimate of drug-likeness (QED) is 0.149. The molecule has 0 aliphatic heterocycles. The van der Waals surface area contributed by atoms with Gasteiger partial charge in [0.25, 0.3) is 0 Å². The fourth-order valence-electron chi connectivity index (χ4n) is 6.23. The van der Waals surface area contributed by atoms with Gasteiger partial charge in [0.05, 0.1) is 6.16 Å². The third kappa shape index (κ3) is 4.22. The second-order valence-corrected chi connectivity index (χ2v) is 13.8. The molecular formula is C39H30P+. The van der Waals surface area contributed by atoms with E-state index >= 15 is 0 Å². The van der Waals surface area contributed by atoms with E-state index in [0.717, 1.165) is 6.16 Å². The summed E-state index contributed by atoms with van der Waals surface area (Å²) in [6.45, 7) is 0. The van der Waals surface area contributed by atoms with Crippen molar-refractivity contribution in [3.63, 3.8) is 0 Å². The summed E-state index contributed by atoms with van der Waals surface area (Å²) < 4.78 is 0. The molecule has 0 heterocycles. The van der Waals surface area contributed by atoms with Gasteiger partial charge in [0, 0.05) is 0 Å². The second-order valence-electron chi connectivity index (χ2n) is 10.3. The van der Waals surface area contributed by atoms with Crippen molar-refractivity contribution >= 4 is 44.7 Å². The molecule has 40 heavy (non-hydrogen) atoms. The number of rotatable bonds is 6. The van der Waals surface area contributed by atoms with Crippen LogP contribution in [0.1, 0.15) is 5.56 Å². The van der Waals surface area contributed by atoms with Crippen LogP contribution >= 0.6 is 7.26 Å². The predicted molar refractivity (Wildman–Crippen MR) is 176 cm³/mol. The normalized spacial score (nSPS) is 11.6. The number of fused-ring (bicyclic) bond motifs is 3. The zero-order chi connectivity index (χ0) is 26.8. The summed E-state index contributed by atoms with van der Waals surface area (Å²) in [7, 11) is -2.04. The van der Waals surface area contributed by atoms with Gasteiger partial charge in [0.2, 0.25) is 0 Å². The van der Waals surface area contributed by atoms with Gasteiger partial charge in [-0.2, -0.15) is 0 Å². The Bertz CT molecular complexity index is 1800. The molecule has 0 saturated heterocycles. The van der Waals surface area contributed by atoms with E-state index in [1.807, 2.05) is 0 Å². The predicted octanol–water partition coefficient (Wildman–Crippen LogP) is 9.15. The largest absolute Gasteiger partial charge is 0.116 e. The van der Waals surface area contributed by atoms with Gasteiger partial charge in [-0.3, -0.25) is 0 Å². The summed E-state index contributed by atoms with van der Waals surface area (Å²) in [6, 6.07) is 62.6. The standard InChI is InChI=1S/C39H30P/c1-5-16-30(17-6-1)35-26-15-27-38-37-25-14-13-24-36(37)31(28-39(35)38)29-40(32-18-7-2-8-19-32,33-20-9-3-10-21-33)34-22-11-4-12-23-34/h1-28H,29H2/q+1. The van der Waals surface area contributed by atoms with E-state index in [0.29, 0.717) is 0 Å². The molecule has 0 unspecified atom stereocenters. The molecule has 0 N–H and O–H groups in total. The van der Waals surface area contributed by atoms with E-state index in [1.54, 1.807) is 0 Å². The minimum absolute atomic E-state index is 0.949. The lowest BCUT2D eigenvalue weighted by atomic mass is 9.92. The first-order chi connectivity index (χ1) is 19.8. The first kappa shape index (κ1) is 24.5. The molecule has 0 radical (unpaired) electrons. The highest BCUT2D eigenvalue weighted by Gasteiger charge is 2.45. The molecule has 7 aromatic rings. The molecule has 0 aliphatic rings. The molecule has 190 valence electrons. The van der Waals surface area contributed by atoms with Gasteiger partial charge in [-0.15, -0.1) is 0 Å². The number of hydrogen-bond donors (Lipinski definition) is 0. The van der Waals surface area contributed by atoms with Crippen LogP contribution in [0.5, 0.6) is 0 Å². The van der Waals surface area contributed by atoms with E-state index in [2.05, 4.69) is 170 Å². The minimum atomic E-state index is -2.04. The van der Waals surface area contributed by atoms with Crippen molar-refractivity contribution < 1.29 is 0 Å². The zero-order valence-corrected chi connectivity index (χ0v) is 23.2. The average Bonchev–Trinajstić information content (AvgIpc) is 3.05. The third-order valence-corrected chi connectivity index (χ3v) is 12.4. The van der Waals surface area contributed by atoms with Crippen LogP contribution in [0.15, 0.2) is 170 Å². The molecular weight excluding hydrogens is 499 g/mol. The van der Waals surface area contributed by atoms with E-state index in [4.69, 9.17) is 0 Å². The minimum Gasteiger partial charge on any atom is -0.0622 e. The molecule has 0 saturated carbocycles. The van der Waals surface area contributed by atoms with Gasteiger partial charge in [-0.1, -0.05) is 127 Å². The van der Waals surface area contributed by atoms with Gasteiger partial charge >= 0.3 is 0 Å². The highest BCUT2D eigenvalue weighted by atomic mass is 31.2. The summed E-state index contributed by atoms with van der Waals surface area (Å²) in [6.07, 6.45) is 0.949. The third-order valence-electron chi connectivity index (χ3n) is 8.07. The molecule has 0 bridgehead atoms. The average molecular weight is 530 g/mol. The van der Waals surface area contributed by atoms with Crippen LogP contribution in [0.4, 0.5) is 0 Å². The summed E-state index contributed by atoms with van der Waals surface area (Å²) >= 11 is 0. The molecule has 7 rings (SSSR count). The zero-order valence-electron chi connectivity index (χ0n) is 22.3. The highest BCUT2D eigenvalue weighted by molar-refractivity contribution is 7.95. The Hall–Kier alpha value is -4.51. The molecule has 0 fully saturated rings. The first-order valence-electron chi connectivity index (χ1n) is 13.9. The van der Waals surface area contributed by atoms with Crippen LogP contribution in [-0.2, 0) is 6.16 Å². The maximum atomic E-state index is 2.49. The second kappa shape index (κ2) is 10.6. The Labute approximate surface area is 236 Å². The number of benzene rings is 7. The smallest absolute Gasteiger partial charge is 0.0622 e. The molecule has 0 aromatic heterocycles. The van der Waals surface area contributed by atoms with Crippen LogP contribution in [0.25, 0.3) is 32.7 Å². The van der Waals surface area contributed by atoms with Crippen LogP contribution in [0.2, 0.25) is 0 Å². The van der Waals surface area contributed by atoms with Crippen LogP contribution in [0.3, 0.4) is 0 Å². The van der Waals surface area contributed by atoms with Gasteiger partial charge in [-0.25, -0.2) is 0 Å². The lowest BCUT2D eigenvalue weighted by molar-refractivity contribution is 1.45. The topological polar surface area (TPSA) is 0 Å². The molecule has 0 nitrogen and oxygen atoms in total. The van der Waals surface area contributed by atoms with E-state index in [9.17, 15) is 0 Å². The van der Waals surface area contributed by atoms with Crippen molar-refractivity contribution in [3.8, 4) is 11.1 Å². The highest BCUT2D eigenvalue weighted by Crippen LogP contribution is 2.59. The molecule has 1 heteroatoms. The monoisotopic (exact) mass is 529 g/mol. The van der Waals surface area contributed by atoms with E-state index in [-0.39, 0.29) is 0 Å². The van der Waals surface area contributed by atoms with Gasteiger partial charge in [-0.05, 0) is 80.7 Å². The Morgan fingerprint density at radius 3 is 1.32 bits per heavy atom. The summed E-state index contributed by atoms with van der Waals surface area (Å²) in [5, 5.41) is 9.51. The summed E-state index contributed by atoms with van der Waals surface area (Å²) in [5.74, 6) is 0. The summed E-state index contributed by atoms with van der Waals surface area (Å²) in [4.78, 5) is 0. The first-order valence-corrected chi connectivity index (χ1v) is 15.9. The number of hydrogen-bond acceptors (Lipinski definition) is 0. The Morgan fingerprint density at radius 2 is 0.775 bits per heavy atom. The lowest BCUT2D eigenvalue weighted by Gasteiger charge is -2.28. The van der Waals surface area contributed by atoms with Crippen molar-refractivity contribution in [1.82, 2.24) is 0 Å². The molecule has 0 atom stereocenters.